The lowest BCUT2D eigenvalue weighted by Crippen LogP contribution is -1.89. The molecule has 0 aliphatic carbocycles. The summed E-state index contributed by atoms with van der Waals surface area (Å²) in [4.78, 5) is 0. The van der Waals surface area contributed by atoms with Gasteiger partial charge < -0.3 is 5.32 Å². The maximum Gasteiger partial charge on any atom is 0.0391 e. The number of hydrogen-bond donors (Lipinski definition) is 1. The van der Waals surface area contributed by atoms with Gasteiger partial charge in [0.25, 0.3) is 0 Å². The van der Waals surface area contributed by atoms with E-state index in [0.717, 1.165) is 11.4 Å². The van der Waals surface area contributed by atoms with Crippen LogP contribution in [0.2, 0.25) is 0 Å². The van der Waals surface area contributed by atoms with Crippen molar-refractivity contribution in [1.29, 1.82) is 0 Å². The zero-order valence-electron chi connectivity index (χ0n) is 12.9. The van der Waals surface area contributed by atoms with Crippen LogP contribution in [0.25, 0.3) is 26.2 Å². The Balaban J connectivity index is 1.69. The van der Waals surface area contributed by atoms with E-state index in [1.165, 1.54) is 25.7 Å². The van der Waals surface area contributed by atoms with Crippen LogP contribution in [0, 0.1) is 0 Å². The quantitative estimate of drug-likeness (QED) is 0.437. The highest BCUT2D eigenvalue weighted by Gasteiger charge is 2.05. The van der Waals surface area contributed by atoms with E-state index in [0.29, 0.717) is 0 Å². The maximum absolute atomic E-state index is 3.50. The van der Waals surface area contributed by atoms with Crippen molar-refractivity contribution >= 4 is 49.0 Å². The molecule has 1 nitrogen and oxygen atoms in total. The highest BCUT2D eigenvalue weighted by molar-refractivity contribution is 7.25. The molecule has 0 unspecified atom stereocenters. The average Bonchev–Trinajstić information content (AvgIpc) is 2.95. The number of rotatable bonds is 3. The molecule has 0 amide bonds. The second kappa shape index (κ2) is 5.90. The fraction of sp³-hybridized carbons (Fsp3) is 0.0476. The molecular weight excluding hydrogens is 298 g/mol. The molecule has 1 aromatic heterocycles. The zero-order chi connectivity index (χ0) is 15.6. The summed E-state index contributed by atoms with van der Waals surface area (Å²) in [6.07, 6.45) is 4.16. The maximum atomic E-state index is 3.50. The zero-order valence-corrected chi connectivity index (χ0v) is 13.7. The summed E-state index contributed by atoms with van der Waals surface area (Å²) < 4.78 is 2.68. The van der Waals surface area contributed by atoms with Crippen LogP contribution >= 0.6 is 11.3 Å². The molecule has 23 heavy (non-hydrogen) atoms. The monoisotopic (exact) mass is 315 g/mol. The van der Waals surface area contributed by atoms with E-state index >= 15 is 0 Å². The molecule has 0 radical (unpaired) electrons. The SMILES string of the molecule is CC=Cc1ccc(Nc2ccc3sc4ccccc4c3c2)cc1. The van der Waals surface area contributed by atoms with Gasteiger partial charge in [-0.2, -0.15) is 0 Å². The highest BCUT2D eigenvalue weighted by Crippen LogP contribution is 2.35. The van der Waals surface area contributed by atoms with E-state index in [2.05, 4.69) is 84.2 Å². The molecular formula is C21H17NS. The molecule has 0 saturated carbocycles. The van der Waals surface area contributed by atoms with Crippen LogP contribution in [-0.2, 0) is 0 Å². The van der Waals surface area contributed by atoms with Crippen LogP contribution in [0.15, 0.2) is 72.8 Å². The number of allylic oxidation sites excluding steroid dienone is 1. The summed E-state index contributed by atoms with van der Waals surface area (Å²) in [5.74, 6) is 0. The van der Waals surface area contributed by atoms with Crippen molar-refractivity contribution in [1.82, 2.24) is 0 Å². The number of nitrogens with one attached hydrogen (secondary N) is 1. The standard InChI is InChI=1S/C21H17NS/c1-2-5-15-8-10-16(11-9-15)22-17-12-13-21-19(14-17)18-6-3-4-7-20(18)23-21/h2-14,22H,1H3. The van der Waals surface area contributed by atoms with Gasteiger partial charge in [0.2, 0.25) is 0 Å². The molecule has 4 aromatic rings. The molecule has 3 aromatic carbocycles. The molecule has 1 heterocycles. The molecule has 4 rings (SSSR count). The van der Waals surface area contributed by atoms with Crippen molar-refractivity contribution in [3.05, 3.63) is 78.4 Å². The van der Waals surface area contributed by atoms with E-state index in [9.17, 15) is 0 Å². The van der Waals surface area contributed by atoms with Gasteiger partial charge in [-0.1, -0.05) is 42.5 Å². The largest absolute Gasteiger partial charge is 0.356 e. The first-order valence-corrected chi connectivity index (χ1v) is 8.56. The normalized spacial score (nSPS) is 11.5. The lowest BCUT2D eigenvalue weighted by Gasteiger charge is -2.07. The number of benzene rings is 3. The second-order valence-electron chi connectivity index (χ2n) is 5.56. The molecule has 0 aliphatic heterocycles. The molecule has 0 fully saturated rings. The van der Waals surface area contributed by atoms with Crippen LogP contribution in [0.3, 0.4) is 0 Å². The minimum atomic E-state index is 1.11. The third kappa shape index (κ3) is 2.73. The van der Waals surface area contributed by atoms with E-state index in [1.807, 2.05) is 18.3 Å². The Kier molecular flexibility index (Phi) is 3.60. The summed E-state index contributed by atoms with van der Waals surface area (Å²) in [7, 11) is 0. The Morgan fingerprint density at radius 1 is 0.783 bits per heavy atom. The number of hydrogen-bond acceptors (Lipinski definition) is 2. The Morgan fingerprint density at radius 3 is 2.35 bits per heavy atom. The Bertz CT molecular complexity index is 993. The molecule has 2 heteroatoms. The van der Waals surface area contributed by atoms with Gasteiger partial charge in [0, 0.05) is 31.5 Å². The predicted octanol–water partition coefficient (Wildman–Crippen LogP) is 6.83. The molecule has 0 spiro atoms. The summed E-state index contributed by atoms with van der Waals surface area (Å²) in [5, 5.41) is 6.15. The van der Waals surface area contributed by atoms with E-state index in [4.69, 9.17) is 0 Å². The van der Waals surface area contributed by atoms with E-state index in [1.54, 1.807) is 0 Å². The predicted molar refractivity (Wildman–Crippen MR) is 104 cm³/mol. The van der Waals surface area contributed by atoms with Gasteiger partial charge in [-0.15, -0.1) is 11.3 Å². The first-order chi connectivity index (χ1) is 11.3. The number of thiophene rings is 1. The third-order valence-corrected chi connectivity index (χ3v) is 5.09. The lowest BCUT2D eigenvalue weighted by atomic mass is 10.1. The fourth-order valence-electron chi connectivity index (χ4n) is 2.84. The van der Waals surface area contributed by atoms with Gasteiger partial charge in [0.05, 0.1) is 0 Å². The third-order valence-electron chi connectivity index (χ3n) is 3.94. The molecule has 112 valence electrons. The minimum Gasteiger partial charge on any atom is -0.356 e. The van der Waals surface area contributed by atoms with Crippen molar-refractivity contribution in [3.8, 4) is 0 Å². The molecule has 0 atom stereocenters. The van der Waals surface area contributed by atoms with Crippen molar-refractivity contribution < 1.29 is 0 Å². The van der Waals surface area contributed by atoms with Gasteiger partial charge in [0.15, 0.2) is 0 Å². The summed E-state index contributed by atoms with van der Waals surface area (Å²) in [6.45, 7) is 2.03. The molecule has 0 bridgehead atoms. The van der Waals surface area contributed by atoms with Crippen LogP contribution in [0.5, 0.6) is 0 Å². The van der Waals surface area contributed by atoms with Crippen molar-refractivity contribution in [2.75, 3.05) is 5.32 Å². The van der Waals surface area contributed by atoms with E-state index in [-0.39, 0.29) is 0 Å². The Hall–Kier alpha value is -2.58. The fourth-order valence-corrected chi connectivity index (χ4v) is 3.93. The van der Waals surface area contributed by atoms with Gasteiger partial charge >= 0.3 is 0 Å². The number of fused-ring (bicyclic) bond motifs is 3. The molecule has 1 N–H and O–H groups in total. The van der Waals surface area contributed by atoms with Crippen molar-refractivity contribution in [2.24, 2.45) is 0 Å². The minimum absolute atomic E-state index is 1.11. The Labute approximate surface area is 139 Å². The highest BCUT2D eigenvalue weighted by atomic mass is 32.1. The summed E-state index contributed by atoms with van der Waals surface area (Å²) in [5.41, 5.74) is 3.45. The van der Waals surface area contributed by atoms with Gasteiger partial charge in [-0.05, 0) is 48.9 Å². The molecule has 0 saturated heterocycles. The van der Waals surface area contributed by atoms with Crippen LogP contribution < -0.4 is 5.32 Å². The van der Waals surface area contributed by atoms with E-state index < -0.39 is 0 Å². The van der Waals surface area contributed by atoms with Crippen molar-refractivity contribution in [2.45, 2.75) is 6.92 Å². The first-order valence-electron chi connectivity index (χ1n) is 7.74. The van der Waals surface area contributed by atoms with Crippen LogP contribution in [-0.4, -0.2) is 0 Å². The van der Waals surface area contributed by atoms with Gasteiger partial charge in [0.1, 0.15) is 0 Å². The number of anilines is 2. The lowest BCUT2D eigenvalue weighted by molar-refractivity contribution is 1.56. The van der Waals surface area contributed by atoms with Crippen LogP contribution in [0.4, 0.5) is 11.4 Å². The van der Waals surface area contributed by atoms with Crippen molar-refractivity contribution in [3.63, 3.8) is 0 Å². The molecule has 0 aliphatic rings. The summed E-state index contributed by atoms with van der Waals surface area (Å²) >= 11 is 1.85. The van der Waals surface area contributed by atoms with Crippen LogP contribution in [0.1, 0.15) is 12.5 Å². The Morgan fingerprint density at radius 2 is 1.52 bits per heavy atom. The summed E-state index contributed by atoms with van der Waals surface area (Å²) in [6, 6.07) is 23.7. The smallest absolute Gasteiger partial charge is 0.0391 e. The second-order valence-corrected chi connectivity index (χ2v) is 6.64. The average molecular weight is 315 g/mol. The van der Waals surface area contributed by atoms with Gasteiger partial charge in [-0.3, -0.25) is 0 Å². The topological polar surface area (TPSA) is 12.0 Å². The first kappa shape index (κ1) is 14.0. The van der Waals surface area contributed by atoms with Gasteiger partial charge in [-0.25, -0.2) is 0 Å².